The Bertz CT molecular complexity index is 197. The second-order valence-electron chi connectivity index (χ2n) is 2.92. The number of rotatable bonds is 1. The largest absolute Gasteiger partial charge is 0.336 e. The van der Waals surface area contributed by atoms with Crippen LogP contribution in [0.25, 0.3) is 0 Å². The van der Waals surface area contributed by atoms with Crippen molar-refractivity contribution in [2.75, 3.05) is 6.54 Å². The third-order valence-electron chi connectivity index (χ3n) is 2.43. The number of likely N-dealkylation sites (N-methyl/N-ethyl adjacent to an activating group) is 1. The smallest absolute Gasteiger partial charge is 0.223 e. The quantitative estimate of drug-likeness (QED) is 0.489. The van der Waals surface area contributed by atoms with Gasteiger partial charge in [-0.15, -0.1) is 0 Å². The Morgan fingerprint density at radius 3 is 2.80 bits per heavy atom. The van der Waals surface area contributed by atoms with E-state index in [1.54, 1.807) is 0 Å². The van der Waals surface area contributed by atoms with Gasteiger partial charge < -0.3 is 4.90 Å². The van der Waals surface area contributed by atoms with Crippen molar-refractivity contribution in [3.63, 3.8) is 0 Å². The highest BCUT2D eigenvalue weighted by Crippen LogP contribution is 2.33. The first kappa shape index (κ1) is 5.96. The van der Waals surface area contributed by atoms with Gasteiger partial charge in [-0.2, -0.15) is 0 Å². The first-order valence-electron chi connectivity index (χ1n) is 3.80. The standard InChI is InChI=1S/C8H11NO/c1-2-9-7-4-3-6(7)5-8(9)10/h3-4,6-7H,2,5H2,1H3/t6-,7-/m1/s1. The molecule has 0 aromatic carbocycles. The number of hydrogen-bond donors (Lipinski definition) is 0. The van der Waals surface area contributed by atoms with Gasteiger partial charge in [-0.3, -0.25) is 4.79 Å². The molecule has 2 rings (SSSR count). The van der Waals surface area contributed by atoms with Gasteiger partial charge in [-0.25, -0.2) is 0 Å². The van der Waals surface area contributed by atoms with E-state index >= 15 is 0 Å². The van der Waals surface area contributed by atoms with Crippen molar-refractivity contribution >= 4 is 5.91 Å². The minimum absolute atomic E-state index is 0.322. The van der Waals surface area contributed by atoms with Gasteiger partial charge in [0.15, 0.2) is 0 Å². The molecule has 0 N–H and O–H groups in total. The molecule has 0 saturated carbocycles. The van der Waals surface area contributed by atoms with E-state index in [4.69, 9.17) is 0 Å². The minimum atomic E-state index is 0.322. The predicted octanol–water partition coefficient (Wildman–Crippen LogP) is 0.793. The molecule has 10 heavy (non-hydrogen) atoms. The Labute approximate surface area is 60.5 Å². The van der Waals surface area contributed by atoms with E-state index in [0.717, 1.165) is 13.0 Å². The van der Waals surface area contributed by atoms with E-state index in [2.05, 4.69) is 12.2 Å². The van der Waals surface area contributed by atoms with E-state index in [1.807, 2.05) is 11.8 Å². The molecule has 1 aliphatic carbocycles. The first-order valence-corrected chi connectivity index (χ1v) is 3.80. The Kier molecular flexibility index (Phi) is 1.10. The second-order valence-corrected chi connectivity index (χ2v) is 2.92. The van der Waals surface area contributed by atoms with Crippen LogP contribution in [0, 0.1) is 5.92 Å². The van der Waals surface area contributed by atoms with Crippen LogP contribution in [-0.2, 0) is 4.79 Å². The van der Waals surface area contributed by atoms with Crippen LogP contribution in [-0.4, -0.2) is 23.4 Å². The highest BCUT2D eigenvalue weighted by molar-refractivity contribution is 5.81. The monoisotopic (exact) mass is 137 g/mol. The fourth-order valence-electron chi connectivity index (χ4n) is 1.76. The topological polar surface area (TPSA) is 20.3 Å². The molecule has 1 heterocycles. The van der Waals surface area contributed by atoms with Crippen LogP contribution >= 0.6 is 0 Å². The zero-order chi connectivity index (χ0) is 7.14. The molecule has 0 aromatic heterocycles. The van der Waals surface area contributed by atoms with Gasteiger partial charge in [0.1, 0.15) is 0 Å². The maximum atomic E-state index is 11.2. The van der Waals surface area contributed by atoms with Crippen LogP contribution in [0.5, 0.6) is 0 Å². The van der Waals surface area contributed by atoms with Gasteiger partial charge in [0.2, 0.25) is 5.91 Å². The second kappa shape index (κ2) is 1.84. The number of fused-ring (bicyclic) bond motifs is 1. The number of amides is 1. The lowest BCUT2D eigenvalue weighted by molar-refractivity contribution is -0.128. The molecular weight excluding hydrogens is 126 g/mol. The van der Waals surface area contributed by atoms with Crippen LogP contribution in [0.2, 0.25) is 0 Å². The van der Waals surface area contributed by atoms with Gasteiger partial charge in [-0.1, -0.05) is 12.2 Å². The summed E-state index contributed by atoms with van der Waals surface area (Å²) < 4.78 is 0. The number of carbonyl (C=O) groups excluding carboxylic acids is 1. The van der Waals surface area contributed by atoms with Gasteiger partial charge in [-0.05, 0) is 6.92 Å². The molecule has 1 fully saturated rings. The van der Waals surface area contributed by atoms with E-state index in [9.17, 15) is 4.79 Å². The highest BCUT2D eigenvalue weighted by atomic mass is 16.2. The van der Waals surface area contributed by atoms with Crippen molar-refractivity contribution in [2.24, 2.45) is 5.92 Å². The summed E-state index contributed by atoms with van der Waals surface area (Å²) in [5.74, 6) is 0.870. The Hall–Kier alpha value is -0.790. The van der Waals surface area contributed by atoms with Crippen molar-refractivity contribution in [1.29, 1.82) is 0 Å². The van der Waals surface area contributed by atoms with Gasteiger partial charge in [0, 0.05) is 18.9 Å². The molecule has 0 radical (unpaired) electrons. The summed E-state index contributed by atoms with van der Waals surface area (Å²) in [6.07, 6.45) is 5.01. The summed E-state index contributed by atoms with van der Waals surface area (Å²) in [7, 11) is 0. The van der Waals surface area contributed by atoms with Gasteiger partial charge in [0.05, 0.1) is 6.04 Å². The SMILES string of the molecule is CCN1C(=O)C[C@H]2C=C[C@H]21. The number of carbonyl (C=O) groups is 1. The fourth-order valence-corrected chi connectivity index (χ4v) is 1.76. The molecule has 1 saturated heterocycles. The first-order chi connectivity index (χ1) is 4.83. The van der Waals surface area contributed by atoms with Crippen LogP contribution in [0.4, 0.5) is 0 Å². The fraction of sp³-hybridized carbons (Fsp3) is 0.625. The normalized spacial score (nSPS) is 36.1. The number of hydrogen-bond acceptors (Lipinski definition) is 1. The molecular formula is C8H11NO. The van der Waals surface area contributed by atoms with Crippen molar-refractivity contribution in [3.8, 4) is 0 Å². The zero-order valence-electron chi connectivity index (χ0n) is 6.08. The summed E-state index contributed by atoms with van der Waals surface area (Å²) in [4.78, 5) is 13.1. The van der Waals surface area contributed by atoms with Crippen LogP contribution in [0.1, 0.15) is 13.3 Å². The highest BCUT2D eigenvalue weighted by Gasteiger charge is 2.39. The predicted molar refractivity (Wildman–Crippen MR) is 38.4 cm³/mol. The molecule has 54 valence electrons. The van der Waals surface area contributed by atoms with Crippen molar-refractivity contribution < 1.29 is 4.79 Å². The lowest BCUT2D eigenvalue weighted by Crippen LogP contribution is -2.36. The molecule has 0 aromatic rings. The molecule has 2 aliphatic rings. The number of nitrogens with zero attached hydrogens (tertiary/aromatic N) is 1. The van der Waals surface area contributed by atoms with Gasteiger partial charge in [0.25, 0.3) is 0 Å². The van der Waals surface area contributed by atoms with Crippen molar-refractivity contribution in [1.82, 2.24) is 4.90 Å². The summed E-state index contributed by atoms with van der Waals surface area (Å²) in [5.41, 5.74) is 0. The molecule has 0 bridgehead atoms. The summed E-state index contributed by atoms with van der Waals surface area (Å²) >= 11 is 0. The molecule has 2 nitrogen and oxygen atoms in total. The molecule has 1 amide bonds. The summed E-state index contributed by atoms with van der Waals surface area (Å²) in [6.45, 7) is 2.90. The molecule has 2 heteroatoms. The van der Waals surface area contributed by atoms with E-state index < -0.39 is 0 Å². The number of likely N-dealkylation sites (tertiary alicyclic amines) is 1. The average molecular weight is 137 g/mol. The van der Waals surface area contributed by atoms with Crippen LogP contribution < -0.4 is 0 Å². The molecule has 0 unspecified atom stereocenters. The maximum absolute atomic E-state index is 11.2. The maximum Gasteiger partial charge on any atom is 0.223 e. The lowest BCUT2D eigenvalue weighted by Gasteiger charge is -2.28. The summed E-state index contributed by atoms with van der Waals surface area (Å²) in [6, 6.07) is 0.456. The van der Waals surface area contributed by atoms with Crippen LogP contribution in [0.15, 0.2) is 12.2 Å². The zero-order valence-corrected chi connectivity index (χ0v) is 6.08. The molecule has 2 atom stereocenters. The Balaban J connectivity index is 2.18. The van der Waals surface area contributed by atoms with E-state index in [0.29, 0.717) is 17.9 Å². The lowest BCUT2D eigenvalue weighted by atomic mass is 9.90. The minimum Gasteiger partial charge on any atom is -0.336 e. The third kappa shape index (κ3) is 0.564. The average Bonchev–Trinajstić information content (AvgIpc) is 2.09. The van der Waals surface area contributed by atoms with Gasteiger partial charge >= 0.3 is 0 Å². The third-order valence-corrected chi connectivity index (χ3v) is 2.43. The van der Waals surface area contributed by atoms with E-state index in [-0.39, 0.29) is 0 Å². The van der Waals surface area contributed by atoms with Crippen LogP contribution in [0.3, 0.4) is 0 Å². The van der Waals surface area contributed by atoms with Crippen molar-refractivity contribution in [3.05, 3.63) is 12.2 Å². The Morgan fingerprint density at radius 2 is 2.50 bits per heavy atom. The molecule has 1 aliphatic heterocycles. The van der Waals surface area contributed by atoms with Crippen molar-refractivity contribution in [2.45, 2.75) is 19.4 Å². The van der Waals surface area contributed by atoms with E-state index in [1.165, 1.54) is 0 Å². The summed E-state index contributed by atoms with van der Waals surface area (Å²) in [5, 5.41) is 0. The Morgan fingerprint density at radius 1 is 1.70 bits per heavy atom. The molecule has 0 spiro atoms.